The molecule has 2 heteroatoms. The van der Waals surface area contributed by atoms with Crippen molar-refractivity contribution in [2.75, 3.05) is 26.7 Å². The van der Waals surface area contributed by atoms with E-state index in [2.05, 4.69) is 31.1 Å². The van der Waals surface area contributed by atoms with Gasteiger partial charge in [-0.15, -0.1) is 0 Å². The van der Waals surface area contributed by atoms with Crippen LogP contribution in [0.5, 0.6) is 0 Å². The second-order valence-electron chi connectivity index (χ2n) is 5.77. The summed E-state index contributed by atoms with van der Waals surface area (Å²) in [5, 5.41) is 3.62. The highest BCUT2D eigenvalue weighted by atomic mass is 15.1. The highest BCUT2D eigenvalue weighted by Gasteiger charge is 2.11. The summed E-state index contributed by atoms with van der Waals surface area (Å²) in [5.74, 6) is 0.836. The van der Waals surface area contributed by atoms with Gasteiger partial charge in [0.15, 0.2) is 0 Å². The molecule has 1 saturated heterocycles. The van der Waals surface area contributed by atoms with Gasteiger partial charge in [0.25, 0.3) is 0 Å². The van der Waals surface area contributed by atoms with Crippen molar-refractivity contribution in [2.24, 2.45) is 5.92 Å². The SMILES string of the molecule is CC(C)CCN(C)CCCC1CCCCN1. The smallest absolute Gasteiger partial charge is 0.00675 e. The molecule has 1 unspecified atom stereocenters. The fraction of sp³-hybridized carbons (Fsp3) is 1.00. The van der Waals surface area contributed by atoms with Gasteiger partial charge in [0.05, 0.1) is 0 Å². The molecule has 0 aromatic rings. The molecule has 1 atom stereocenters. The molecule has 1 fully saturated rings. The third-order valence-electron chi connectivity index (χ3n) is 3.59. The number of rotatable bonds is 7. The maximum Gasteiger partial charge on any atom is 0.00675 e. The number of nitrogens with one attached hydrogen (secondary N) is 1. The molecule has 0 aliphatic carbocycles. The second kappa shape index (κ2) is 8.08. The van der Waals surface area contributed by atoms with Gasteiger partial charge in [-0.05, 0) is 64.7 Å². The largest absolute Gasteiger partial charge is 0.314 e. The molecular weight excluding hydrogens is 196 g/mol. The van der Waals surface area contributed by atoms with Crippen LogP contribution in [0.15, 0.2) is 0 Å². The molecule has 16 heavy (non-hydrogen) atoms. The van der Waals surface area contributed by atoms with Crippen molar-refractivity contribution in [1.82, 2.24) is 10.2 Å². The zero-order valence-electron chi connectivity index (χ0n) is 11.5. The van der Waals surface area contributed by atoms with Crippen LogP contribution in [0.25, 0.3) is 0 Å². The topological polar surface area (TPSA) is 15.3 Å². The summed E-state index contributed by atoms with van der Waals surface area (Å²) in [7, 11) is 2.26. The third kappa shape index (κ3) is 6.49. The normalized spacial score (nSPS) is 21.9. The van der Waals surface area contributed by atoms with Gasteiger partial charge in [0, 0.05) is 6.04 Å². The summed E-state index contributed by atoms with van der Waals surface area (Å²) in [6.07, 6.45) is 8.26. The van der Waals surface area contributed by atoms with E-state index < -0.39 is 0 Å². The van der Waals surface area contributed by atoms with Crippen LogP contribution >= 0.6 is 0 Å². The molecule has 0 aromatic heterocycles. The molecule has 0 radical (unpaired) electrons. The second-order valence-corrected chi connectivity index (χ2v) is 5.77. The molecule has 0 bridgehead atoms. The van der Waals surface area contributed by atoms with Crippen molar-refractivity contribution < 1.29 is 0 Å². The van der Waals surface area contributed by atoms with Gasteiger partial charge in [0.1, 0.15) is 0 Å². The van der Waals surface area contributed by atoms with Crippen molar-refractivity contribution >= 4 is 0 Å². The Morgan fingerprint density at radius 2 is 2.06 bits per heavy atom. The van der Waals surface area contributed by atoms with Crippen molar-refractivity contribution in [3.63, 3.8) is 0 Å². The van der Waals surface area contributed by atoms with Gasteiger partial charge in [0.2, 0.25) is 0 Å². The minimum atomic E-state index is 0.812. The molecule has 0 saturated carbocycles. The Morgan fingerprint density at radius 1 is 1.25 bits per heavy atom. The number of nitrogens with zero attached hydrogens (tertiary/aromatic N) is 1. The Labute approximate surface area is 102 Å². The minimum Gasteiger partial charge on any atom is -0.314 e. The summed E-state index contributed by atoms with van der Waals surface area (Å²) in [6.45, 7) is 8.38. The number of piperidine rings is 1. The Morgan fingerprint density at radius 3 is 2.69 bits per heavy atom. The maximum absolute atomic E-state index is 3.62. The first-order valence-electron chi connectivity index (χ1n) is 7.10. The third-order valence-corrected chi connectivity index (χ3v) is 3.59. The van der Waals surface area contributed by atoms with Gasteiger partial charge in [-0.1, -0.05) is 20.3 Å². The lowest BCUT2D eigenvalue weighted by molar-refractivity contribution is 0.288. The lowest BCUT2D eigenvalue weighted by atomic mass is 10.0. The summed E-state index contributed by atoms with van der Waals surface area (Å²) in [5.41, 5.74) is 0. The first kappa shape index (κ1) is 14.0. The van der Waals surface area contributed by atoms with Crippen LogP contribution in [0.1, 0.15) is 52.4 Å². The predicted octanol–water partition coefficient (Wildman–Crippen LogP) is 2.89. The molecule has 1 aliphatic heterocycles. The zero-order valence-corrected chi connectivity index (χ0v) is 11.5. The highest BCUT2D eigenvalue weighted by Crippen LogP contribution is 2.12. The molecule has 1 rings (SSSR count). The van der Waals surface area contributed by atoms with E-state index in [0.717, 1.165) is 12.0 Å². The Balaban J connectivity index is 1.96. The molecular formula is C14H30N2. The highest BCUT2D eigenvalue weighted by molar-refractivity contribution is 4.72. The molecule has 1 heterocycles. The molecule has 1 N–H and O–H groups in total. The van der Waals surface area contributed by atoms with E-state index in [4.69, 9.17) is 0 Å². The van der Waals surface area contributed by atoms with Crippen molar-refractivity contribution in [1.29, 1.82) is 0 Å². The van der Waals surface area contributed by atoms with Crippen LogP contribution < -0.4 is 5.32 Å². The van der Waals surface area contributed by atoms with E-state index >= 15 is 0 Å². The molecule has 1 aliphatic rings. The summed E-state index contributed by atoms with van der Waals surface area (Å²) >= 11 is 0. The molecule has 96 valence electrons. The lowest BCUT2D eigenvalue weighted by Crippen LogP contribution is -2.34. The zero-order chi connectivity index (χ0) is 11.8. The van der Waals surface area contributed by atoms with E-state index in [1.165, 1.54) is 58.2 Å². The standard InChI is InChI=1S/C14H30N2/c1-13(2)9-12-16(3)11-6-8-14-7-4-5-10-15-14/h13-15H,4-12H2,1-3H3. The molecule has 2 nitrogen and oxygen atoms in total. The average molecular weight is 226 g/mol. The first-order chi connectivity index (χ1) is 7.68. The van der Waals surface area contributed by atoms with Crippen LogP contribution in [0.2, 0.25) is 0 Å². The fourth-order valence-electron chi connectivity index (χ4n) is 2.37. The Hall–Kier alpha value is -0.0800. The van der Waals surface area contributed by atoms with E-state index in [1.807, 2.05) is 0 Å². The van der Waals surface area contributed by atoms with Crippen LogP contribution in [0.4, 0.5) is 0 Å². The van der Waals surface area contributed by atoms with Gasteiger partial charge < -0.3 is 10.2 Å². The first-order valence-corrected chi connectivity index (χ1v) is 7.10. The number of hydrogen-bond acceptors (Lipinski definition) is 2. The van der Waals surface area contributed by atoms with Gasteiger partial charge in [-0.3, -0.25) is 0 Å². The minimum absolute atomic E-state index is 0.812. The summed E-state index contributed by atoms with van der Waals surface area (Å²) in [6, 6.07) is 0.812. The number of hydrogen-bond donors (Lipinski definition) is 1. The van der Waals surface area contributed by atoms with E-state index in [1.54, 1.807) is 0 Å². The van der Waals surface area contributed by atoms with Crippen LogP contribution in [0.3, 0.4) is 0 Å². The summed E-state index contributed by atoms with van der Waals surface area (Å²) in [4.78, 5) is 2.49. The van der Waals surface area contributed by atoms with E-state index in [9.17, 15) is 0 Å². The van der Waals surface area contributed by atoms with Crippen molar-refractivity contribution in [3.05, 3.63) is 0 Å². The molecule has 0 spiro atoms. The van der Waals surface area contributed by atoms with Crippen molar-refractivity contribution in [3.8, 4) is 0 Å². The van der Waals surface area contributed by atoms with Crippen LogP contribution in [0, 0.1) is 5.92 Å². The van der Waals surface area contributed by atoms with E-state index in [0.29, 0.717) is 0 Å². The molecule has 0 aromatic carbocycles. The Kier molecular flexibility index (Phi) is 7.06. The quantitative estimate of drug-likeness (QED) is 0.718. The average Bonchev–Trinajstić information content (AvgIpc) is 2.28. The van der Waals surface area contributed by atoms with Gasteiger partial charge in [-0.25, -0.2) is 0 Å². The van der Waals surface area contributed by atoms with Gasteiger partial charge in [-0.2, -0.15) is 0 Å². The van der Waals surface area contributed by atoms with Crippen LogP contribution in [-0.4, -0.2) is 37.6 Å². The van der Waals surface area contributed by atoms with Gasteiger partial charge >= 0.3 is 0 Å². The van der Waals surface area contributed by atoms with Crippen molar-refractivity contribution in [2.45, 2.75) is 58.4 Å². The maximum atomic E-state index is 3.62. The van der Waals surface area contributed by atoms with E-state index in [-0.39, 0.29) is 0 Å². The summed E-state index contributed by atoms with van der Waals surface area (Å²) < 4.78 is 0. The lowest BCUT2D eigenvalue weighted by Gasteiger charge is -2.24. The fourth-order valence-corrected chi connectivity index (χ4v) is 2.37. The van der Waals surface area contributed by atoms with Crippen LogP contribution in [-0.2, 0) is 0 Å². The Bertz CT molecular complexity index is 162. The molecule has 0 amide bonds. The predicted molar refractivity (Wildman–Crippen MR) is 71.8 cm³/mol. The monoisotopic (exact) mass is 226 g/mol.